The fourth-order valence-corrected chi connectivity index (χ4v) is 2.85. The number of amides is 2. The first-order valence-corrected chi connectivity index (χ1v) is 8.88. The summed E-state index contributed by atoms with van der Waals surface area (Å²) in [6.45, 7) is 2.36. The number of rotatable bonds is 6. The van der Waals surface area contributed by atoms with Crippen LogP contribution in [-0.4, -0.2) is 54.5 Å². The first-order valence-electron chi connectivity index (χ1n) is 8.88. The van der Waals surface area contributed by atoms with Crippen LogP contribution in [0.3, 0.4) is 0 Å². The third-order valence-electron chi connectivity index (χ3n) is 4.33. The topological polar surface area (TPSA) is 114 Å². The molecule has 2 aromatic carbocycles. The summed E-state index contributed by atoms with van der Waals surface area (Å²) < 4.78 is 19.1. The zero-order valence-electron chi connectivity index (χ0n) is 15.4. The van der Waals surface area contributed by atoms with Crippen LogP contribution in [0.1, 0.15) is 10.4 Å². The quantitative estimate of drug-likeness (QED) is 0.566. The number of nitrogens with one attached hydrogen (secondary N) is 2. The van der Waals surface area contributed by atoms with Gasteiger partial charge in [0.2, 0.25) is 5.91 Å². The van der Waals surface area contributed by atoms with Crippen LogP contribution in [0.2, 0.25) is 0 Å². The van der Waals surface area contributed by atoms with E-state index in [1.165, 1.54) is 36.4 Å². The molecular formula is C19H19FN4O5. The number of hydrogen-bond acceptors (Lipinski definition) is 6. The number of ether oxygens (including phenoxy) is 1. The van der Waals surface area contributed by atoms with Gasteiger partial charge in [-0.15, -0.1) is 0 Å². The Morgan fingerprint density at radius 2 is 1.83 bits per heavy atom. The van der Waals surface area contributed by atoms with Crippen LogP contribution in [0.4, 0.5) is 21.5 Å². The van der Waals surface area contributed by atoms with Crippen molar-refractivity contribution in [2.24, 2.45) is 0 Å². The average molecular weight is 402 g/mol. The van der Waals surface area contributed by atoms with Gasteiger partial charge >= 0.3 is 0 Å². The lowest BCUT2D eigenvalue weighted by Gasteiger charge is -2.25. The Hall–Kier alpha value is -3.37. The van der Waals surface area contributed by atoms with E-state index in [2.05, 4.69) is 10.6 Å². The number of carbonyl (C=O) groups is 2. The Balaban J connectivity index is 1.80. The lowest BCUT2D eigenvalue weighted by atomic mass is 10.1. The van der Waals surface area contributed by atoms with E-state index in [4.69, 9.17) is 4.74 Å². The van der Waals surface area contributed by atoms with E-state index in [9.17, 15) is 24.1 Å². The second kappa shape index (κ2) is 9.22. The summed E-state index contributed by atoms with van der Waals surface area (Å²) in [5, 5.41) is 16.1. The SMILES string of the molecule is O=C(CN1CCOCC1)Nc1ccc([N+](=O)[O-])cc1C(=O)Nc1ccccc1F. The molecule has 1 fully saturated rings. The number of nitrogens with zero attached hydrogens (tertiary/aromatic N) is 2. The van der Waals surface area contributed by atoms with Crippen molar-refractivity contribution in [3.05, 3.63) is 64.0 Å². The lowest BCUT2D eigenvalue weighted by Crippen LogP contribution is -2.41. The normalized spacial score (nSPS) is 14.2. The number of carbonyl (C=O) groups excluding carboxylic acids is 2. The highest BCUT2D eigenvalue weighted by atomic mass is 19.1. The van der Waals surface area contributed by atoms with Crippen molar-refractivity contribution in [1.29, 1.82) is 0 Å². The molecule has 0 aliphatic carbocycles. The maximum atomic E-state index is 13.8. The highest BCUT2D eigenvalue weighted by molar-refractivity contribution is 6.10. The summed E-state index contributed by atoms with van der Waals surface area (Å²) in [5.74, 6) is -1.80. The van der Waals surface area contributed by atoms with Crippen molar-refractivity contribution in [2.75, 3.05) is 43.5 Å². The van der Waals surface area contributed by atoms with E-state index in [1.807, 2.05) is 4.90 Å². The first kappa shape index (κ1) is 20.4. The van der Waals surface area contributed by atoms with Crippen LogP contribution in [0.15, 0.2) is 42.5 Å². The highest BCUT2D eigenvalue weighted by Crippen LogP contribution is 2.24. The van der Waals surface area contributed by atoms with Crippen molar-refractivity contribution < 1.29 is 23.6 Å². The van der Waals surface area contributed by atoms with Crippen molar-refractivity contribution in [1.82, 2.24) is 4.90 Å². The van der Waals surface area contributed by atoms with Gasteiger partial charge < -0.3 is 15.4 Å². The van der Waals surface area contributed by atoms with Crippen molar-refractivity contribution in [2.45, 2.75) is 0 Å². The minimum atomic E-state index is -0.777. The third-order valence-corrected chi connectivity index (χ3v) is 4.33. The fourth-order valence-electron chi connectivity index (χ4n) is 2.85. The van der Waals surface area contributed by atoms with E-state index in [0.29, 0.717) is 26.3 Å². The van der Waals surface area contributed by atoms with Crippen LogP contribution in [0, 0.1) is 15.9 Å². The minimum absolute atomic E-state index is 0.0744. The molecule has 0 atom stereocenters. The number of benzene rings is 2. The highest BCUT2D eigenvalue weighted by Gasteiger charge is 2.21. The Morgan fingerprint density at radius 1 is 1.10 bits per heavy atom. The molecule has 2 amide bonds. The number of morpholine rings is 1. The predicted molar refractivity (Wildman–Crippen MR) is 103 cm³/mol. The maximum Gasteiger partial charge on any atom is 0.270 e. The molecule has 0 unspecified atom stereocenters. The van der Waals surface area contributed by atoms with Gasteiger partial charge in [0.1, 0.15) is 5.82 Å². The summed E-state index contributed by atoms with van der Waals surface area (Å²) in [4.78, 5) is 37.4. The van der Waals surface area contributed by atoms with Crippen LogP contribution < -0.4 is 10.6 Å². The number of halogens is 1. The van der Waals surface area contributed by atoms with Crippen LogP contribution >= 0.6 is 0 Å². The van der Waals surface area contributed by atoms with E-state index >= 15 is 0 Å². The van der Waals surface area contributed by atoms with Gasteiger partial charge in [0, 0.05) is 25.2 Å². The Labute approximate surface area is 165 Å². The van der Waals surface area contributed by atoms with E-state index in [0.717, 1.165) is 6.07 Å². The molecule has 0 aromatic heterocycles. The molecule has 0 saturated carbocycles. The molecule has 29 heavy (non-hydrogen) atoms. The number of nitro groups is 1. The molecule has 1 aliphatic rings. The van der Waals surface area contributed by atoms with Gasteiger partial charge in [-0.1, -0.05) is 12.1 Å². The van der Waals surface area contributed by atoms with Crippen molar-refractivity contribution in [3.63, 3.8) is 0 Å². The van der Waals surface area contributed by atoms with E-state index in [-0.39, 0.29) is 35.1 Å². The number of non-ortho nitro benzene ring substituents is 1. The zero-order chi connectivity index (χ0) is 20.8. The molecule has 3 rings (SSSR count). The van der Waals surface area contributed by atoms with Gasteiger partial charge in [-0.3, -0.25) is 24.6 Å². The smallest absolute Gasteiger partial charge is 0.270 e. The molecule has 10 heteroatoms. The molecule has 0 radical (unpaired) electrons. The van der Waals surface area contributed by atoms with Crippen molar-refractivity contribution in [3.8, 4) is 0 Å². The average Bonchev–Trinajstić information content (AvgIpc) is 2.70. The summed E-state index contributed by atoms with van der Waals surface area (Å²) in [6.07, 6.45) is 0. The molecule has 1 saturated heterocycles. The molecule has 1 heterocycles. The number of nitro benzene ring substituents is 1. The van der Waals surface area contributed by atoms with Crippen molar-refractivity contribution >= 4 is 28.9 Å². The summed E-state index contributed by atoms with van der Waals surface area (Å²) in [7, 11) is 0. The van der Waals surface area contributed by atoms with Crippen LogP contribution in [-0.2, 0) is 9.53 Å². The Kier molecular flexibility index (Phi) is 6.47. The van der Waals surface area contributed by atoms with E-state index < -0.39 is 16.6 Å². The van der Waals surface area contributed by atoms with Gasteiger partial charge in [-0.2, -0.15) is 0 Å². The molecule has 1 aliphatic heterocycles. The minimum Gasteiger partial charge on any atom is -0.379 e. The van der Waals surface area contributed by atoms with Crippen LogP contribution in [0.5, 0.6) is 0 Å². The van der Waals surface area contributed by atoms with Crippen LogP contribution in [0.25, 0.3) is 0 Å². The number of anilines is 2. The summed E-state index contributed by atoms with van der Waals surface area (Å²) in [6, 6.07) is 9.05. The monoisotopic (exact) mass is 402 g/mol. The third kappa shape index (κ3) is 5.33. The number of para-hydroxylation sites is 1. The zero-order valence-corrected chi connectivity index (χ0v) is 15.4. The van der Waals surface area contributed by atoms with Gasteiger partial charge in [-0.05, 0) is 18.2 Å². The largest absolute Gasteiger partial charge is 0.379 e. The maximum absolute atomic E-state index is 13.8. The Morgan fingerprint density at radius 3 is 2.52 bits per heavy atom. The molecule has 2 aromatic rings. The lowest BCUT2D eigenvalue weighted by molar-refractivity contribution is -0.384. The van der Waals surface area contributed by atoms with Gasteiger partial charge in [0.05, 0.1) is 41.6 Å². The molecule has 2 N–H and O–H groups in total. The molecule has 0 spiro atoms. The first-order chi connectivity index (χ1) is 13.9. The van der Waals surface area contributed by atoms with E-state index in [1.54, 1.807) is 0 Å². The second-order valence-corrected chi connectivity index (χ2v) is 6.36. The summed E-state index contributed by atoms with van der Waals surface area (Å²) >= 11 is 0. The van der Waals surface area contributed by atoms with Gasteiger partial charge in [0.15, 0.2) is 0 Å². The molecular weight excluding hydrogens is 383 g/mol. The summed E-state index contributed by atoms with van der Waals surface area (Å²) in [5.41, 5.74) is -0.440. The van der Waals surface area contributed by atoms with Gasteiger partial charge in [0.25, 0.3) is 11.6 Å². The molecule has 152 valence electrons. The molecule has 9 nitrogen and oxygen atoms in total. The predicted octanol–water partition coefficient (Wildman–Crippen LogP) is 2.26. The second-order valence-electron chi connectivity index (χ2n) is 6.36. The standard InChI is InChI=1S/C19H19FN4O5/c20-15-3-1-2-4-17(15)22-19(26)14-11-13(24(27)28)5-6-16(14)21-18(25)12-23-7-9-29-10-8-23/h1-6,11H,7-10,12H2,(H,21,25)(H,22,26). The van der Waals surface area contributed by atoms with Gasteiger partial charge in [-0.25, -0.2) is 4.39 Å². The number of hydrogen-bond donors (Lipinski definition) is 2. The fraction of sp³-hybridized carbons (Fsp3) is 0.263. The molecule has 0 bridgehead atoms. The Bertz CT molecular complexity index is 931.